The third-order valence-corrected chi connectivity index (χ3v) is 3.72. The molecule has 0 bridgehead atoms. The van der Waals surface area contributed by atoms with Crippen LogP contribution in [0.1, 0.15) is 12.0 Å². The van der Waals surface area contributed by atoms with E-state index < -0.39 is 0 Å². The molecule has 1 aromatic carbocycles. The number of nitrogens with zero attached hydrogens (tertiary/aromatic N) is 1. The molecule has 1 heterocycles. The maximum Gasteiger partial charge on any atom is 0.0455 e. The van der Waals surface area contributed by atoms with E-state index in [1.165, 1.54) is 5.69 Å². The van der Waals surface area contributed by atoms with Gasteiger partial charge in [-0.3, -0.25) is 0 Å². The lowest BCUT2D eigenvalue weighted by molar-refractivity contribution is 0.260. The van der Waals surface area contributed by atoms with E-state index >= 15 is 0 Å². The van der Waals surface area contributed by atoms with E-state index in [-0.39, 0.29) is 6.61 Å². The van der Waals surface area contributed by atoms with E-state index in [4.69, 9.17) is 16.7 Å². The average Bonchev–Trinajstić information content (AvgIpc) is 2.33. The Bertz CT molecular complexity index is 382. The molecule has 1 aromatic rings. The van der Waals surface area contributed by atoms with Crippen LogP contribution in [-0.4, -0.2) is 37.4 Å². The minimum atomic E-state index is 0.236. The number of hydrogen-bond acceptors (Lipinski definition) is 3. The Morgan fingerprint density at radius 2 is 2.35 bits per heavy atom. The summed E-state index contributed by atoms with van der Waals surface area (Å²) in [4.78, 5) is 2.35. The standard InChI is InChI=1S/C13H19ClN2O/c1-10-12(14)3-2-4-13(10)16-7-6-15-11(9-16)5-8-17/h2-4,11,15,17H,5-9H2,1H3. The number of nitrogens with one attached hydrogen (secondary N) is 1. The van der Waals surface area contributed by atoms with Gasteiger partial charge in [0, 0.05) is 43.0 Å². The molecular weight excluding hydrogens is 236 g/mol. The first kappa shape index (κ1) is 12.7. The SMILES string of the molecule is Cc1c(Cl)cccc1N1CCNC(CCO)C1. The largest absolute Gasteiger partial charge is 0.396 e. The molecule has 1 atom stereocenters. The normalized spacial score (nSPS) is 20.6. The summed E-state index contributed by atoms with van der Waals surface area (Å²) in [6, 6.07) is 6.40. The predicted molar refractivity (Wildman–Crippen MR) is 71.9 cm³/mol. The molecule has 94 valence electrons. The molecule has 0 aromatic heterocycles. The highest BCUT2D eigenvalue weighted by atomic mass is 35.5. The van der Waals surface area contributed by atoms with Crippen molar-refractivity contribution in [1.82, 2.24) is 5.32 Å². The molecule has 0 spiro atoms. The molecule has 1 aliphatic rings. The summed E-state index contributed by atoms with van der Waals surface area (Å²) < 4.78 is 0. The summed E-state index contributed by atoms with van der Waals surface area (Å²) in [7, 11) is 0. The van der Waals surface area contributed by atoms with Crippen molar-refractivity contribution in [3.8, 4) is 0 Å². The maximum atomic E-state index is 8.99. The van der Waals surface area contributed by atoms with E-state index in [2.05, 4.69) is 23.2 Å². The molecule has 4 heteroatoms. The lowest BCUT2D eigenvalue weighted by Gasteiger charge is -2.36. The summed E-state index contributed by atoms with van der Waals surface area (Å²) in [6.45, 7) is 5.17. The molecule has 1 aliphatic heterocycles. The zero-order valence-corrected chi connectivity index (χ0v) is 10.9. The van der Waals surface area contributed by atoms with Gasteiger partial charge >= 0.3 is 0 Å². The summed E-state index contributed by atoms with van der Waals surface area (Å²) in [5.41, 5.74) is 2.35. The van der Waals surface area contributed by atoms with Crippen LogP contribution in [0.2, 0.25) is 5.02 Å². The van der Waals surface area contributed by atoms with Crippen LogP contribution in [0.4, 0.5) is 5.69 Å². The first-order valence-electron chi connectivity index (χ1n) is 6.06. The Hall–Kier alpha value is -0.770. The number of halogens is 1. The molecule has 17 heavy (non-hydrogen) atoms. The Balaban J connectivity index is 2.13. The molecule has 1 saturated heterocycles. The number of aliphatic hydroxyl groups is 1. The minimum absolute atomic E-state index is 0.236. The smallest absolute Gasteiger partial charge is 0.0455 e. The van der Waals surface area contributed by atoms with Crippen molar-refractivity contribution >= 4 is 17.3 Å². The van der Waals surface area contributed by atoms with Gasteiger partial charge in [0.15, 0.2) is 0 Å². The average molecular weight is 255 g/mol. The number of piperazine rings is 1. The highest BCUT2D eigenvalue weighted by Gasteiger charge is 2.20. The summed E-state index contributed by atoms with van der Waals surface area (Å²) in [5.74, 6) is 0. The van der Waals surface area contributed by atoms with Crippen LogP contribution < -0.4 is 10.2 Å². The van der Waals surface area contributed by atoms with Crippen molar-refractivity contribution in [2.24, 2.45) is 0 Å². The summed E-state index contributed by atoms with van der Waals surface area (Å²) >= 11 is 6.15. The van der Waals surface area contributed by atoms with Crippen LogP contribution >= 0.6 is 11.6 Å². The van der Waals surface area contributed by atoms with E-state index in [1.54, 1.807) is 0 Å². The quantitative estimate of drug-likeness (QED) is 0.864. The molecule has 2 N–H and O–H groups in total. The van der Waals surface area contributed by atoms with E-state index in [1.807, 2.05) is 12.1 Å². The van der Waals surface area contributed by atoms with Gasteiger partial charge in [0.2, 0.25) is 0 Å². The topological polar surface area (TPSA) is 35.5 Å². The zero-order chi connectivity index (χ0) is 12.3. The van der Waals surface area contributed by atoms with Gasteiger partial charge in [-0.05, 0) is 31.0 Å². The third kappa shape index (κ3) is 2.92. The van der Waals surface area contributed by atoms with E-state index in [9.17, 15) is 0 Å². The lowest BCUT2D eigenvalue weighted by atomic mass is 10.1. The number of aliphatic hydroxyl groups excluding tert-OH is 1. The van der Waals surface area contributed by atoms with Gasteiger partial charge in [0.05, 0.1) is 0 Å². The summed E-state index contributed by atoms with van der Waals surface area (Å²) in [5, 5.41) is 13.2. The maximum absolute atomic E-state index is 8.99. The van der Waals surface area contributed by atoms with Crippen molar-refractivity contribution in [1.29, 1.82) is 0 Å². The first-order chi connectivity index (χ1) is 8.22. The Morgan fingerprint density at radius 1 is 1.53 bits per heavy atom. The second kappa shape index (κ2) is 5.71. The van der Waals surface area contributed by atoms with Crippen LogP contribution in [0.5, 0.6) is 0 Å². The molecule has 2 rings (SSSR count). The van der Waals surface area contributed by atoms with Crippen LogP contribution in [0.25, 0.3) is 0 Å². The fourth-order valence-corrected chi connectivity index (χ4v) is 2.50. The van der Waals surface area contributed by atoms with Gasteiger partial charge < -0.3 is 15.3 Å². The van der Waals surface area contributed by atoms with Gasteiger partial charge in [0.25, 0.3) is 0 Å². The van der Waals surface area contributed by atoms with E-state index in [0.29, 0.717) is 6.04 Å². The number of anilines is 1. The van der Waals surface area contributed by atoms with Crippen LogP contribution in [-0.2, 0) is 0 Å². The number of benzene rings is 1. The molecule has 3 nitrogen and oxygen atoms in total. The van der Waals surface area contributed by atoms with Gasteiger partial charge in [0.1, 0.15) is 0 Å². The molecule has 1 fully saturated rings. The van der Waals surface area contributed by atoms with E-state index in [0.717, 1.165) is 36.6 Å². The van der Waals surface area contributed by atoms with Crippen molar-refractivity contribution in [2.75, 3.05) is 31.1 Å². The molecule has 1 unspecified atom stereocenters. The van der Waals surface area contributed by atoms with Crippen molar-refractivity contribution in [3.63, 3.8) is 0 Å². The fraction of sp³-hybridized carbons (Fsp3) is 0.538. The monoisotopic (exact) mass is 254 g/mol. The second-order valence-corrected chi connectivity index (χ2v) is 4.90. The van der Waals surface area contributed by atoms with Crippen molar-refractivity contribution in [2.45, 2.75) is 19.4 Å². The molecule has 0 aliphatic carbocycles. The molecule has 0 amide bonds. The van der Waals surface area contributed by atoms with Crippen molar-refractivity contribution in [3.05, 3.63) is 28.8 Å². The van der Waals surface area contributed by atoms with Gasteiger partial charge in [-0.15, -0.1) is 0 Å². The van der Waals surface area contributed by atoms with Crippen LogP contribution in [0.15, 0.2) is 18.2 Å². The highest BCUT2D eigenvalue weighted by Crippen LogP contribution is 2.27. The molecule has 0 radical (unpaired) electrons. The summed E-state index contributed by atoms with van der Waals surface area (Å²) in [6.07, 6.45) is 0.802. The van der Waals surface area contributed by atoms with Gasteiger partial charge in [-0.2, -0.15) is 0 Å². The number of rotatable bonds is 3. The lowest BCUT2D eigenvalue weighted by Crippen LogP contribution is -2.51. The fourth-order valence-electron chi connectivity index (χ4n) is 2.33. The number of hydrogen-bond donors (Lipinski definition) is 2. The zero-order valence-electron chi connectivity index (χ0n) is 10.1. The second-order valence-electron chi connectivity index (χ2n) is 4.49. The Morgan fingerprint density at radius 3 is 3.12 bits per heavy atom. The van der Waals surface area contributed by atoms with Crippen LogP contribution in [0.3, 0.4) is 0 Å². The Labute approximate surface area is 107 Å². The Kier molecular flexibility index (Phi) is 4.26. The van der Waals surface area contributed by atoms with Crippen LogP contribution in [0, 0.1) is 6.92 Å². The van der Waals surface area contributed by atoms with Gasteiger partial charge in [-0.1, -0.05) is 17.7 Å². The third-order valence-electron chi connectivity index (χ3n) is 3.31. The van der Waals surface area contributed by atoms with Gasteiger partial charge in [-0.25, -0.2) is 0 Å². The molecular formula is C13H19ClN2O. The minimum Gasteiger partial charge on any atom is -0.396 e. The van der Waals surface area contributed by atoms with Crippen molar-refractivity contribution < 1.29 is 5.11 Å². The first-order valence-corrected chi connectivity index (χ1v) is 6.44. The molecule has 0 saturated carbocycles. The highest BCUT2D eigenvalue weighted by molar-refractivity contribution is 6.31. The predicted octanol–water partition coefficient (Wildman–Crippen LogP) is 1.81.